The van der Waals surface area contributed by atoms with E-state index in [0.717, 1.165) is 46.5 Å². The molecule has 0 atom stereocenters. The zero-order chi connectivity index (χ0) is 29.6. The molecule has 5 aromatic rings. The largest absolute Gasteiger partial charge is 0.488 e. The van der Waals surface area contributed by atoms with Gasteiger partial charge in [0.25, 0.3) is 5.91 Å². The van der Waals surface area contributed by atoms with Crippen LogP contribution in [0, 0.1) is 0 Å². The van der Waals surface area contributed by atoms with Gasteiger partial charge in [0.2, 0.25) is 5.95 Å². The second kappa shape index (κ2) is 12.9. The van der Waals surface area contributed by atoms with Gasteiger partial charge in [-0.2, -0.15) is 0 Å². The Morgan fingerprint density at radius 2 is 1.81 bits per heavy atom. The number of anilines is 3. The molecule has 3 heterocycles. The average Bonchev–Trinajstić information content (AvgIpc) is 3.04. The lowest BCUT2D eigenvalue weighted by molar-refractivity contribution is 0.102. The number of aromatic nitrogens is 3. The fourth-order valence-electron chi connectivity index (χ4n) is 4.96. The van der Waals surface area contributed by atoms with Crippen LogP contribution in [0.15, 0.2) is 91.3 Å². The summed E-state index contributed by atoms with van der Waals surface area (Å²) in [6, 6.07) is 25.4. The minimum atomic E-state index is -0.207. The van der Waals surface area contributed by atoms with Gasteiger partial charge in [-0.1, -0.05) is 42.5 Å². The zero-order valence-corrected chi connectivity index (χ0v) is 24.3. The summed E-state index contributed by atoms with van der Waals surface area (Å²) in [6.45, 7) is 7.37. The highest BCUT2D eigenvalue weighted by atomic mass is 16.5. The van der Waals surface area contributed by atoms with Gasteiger partial charge in [-0.15, -0.1) is 0 Å². The molecule has 0 radical (unpaired) electrons. The van der Waals surface area contributed by atoms with E-state index >= 15 is 0 Å². The summed E-state index contributed by atoms with van der Waals surface area (Å²) in [4.78, 5) is 29.2. The van der Waals surface area contributed by atoms with Crippen LogP contribution < -0.4 is 20.3 Å². The summed E-state index contributed by atoms with van der Waals surface area (Å²) < 4.78 is 11.8. The molecule has 218 valence electrons. The number of pyridine rings is 1. The van der Waals surface area contributed by atoms with Gasteiger partial charge in [0.15, 0.2) is 0 Å². The molecular weight excluding hydrogens is 540 g/mol. The van der Waals surface area contributed by atoms with E-state index in [1.165, 1.54) is 0 Å². The third-order valence-corrected chi connectivity index (χ3v) is 7.11. The Balaban J connectivity index is 1.29. The summed E-state index contributed by atoms with van der Waals surface area (Å²) >= 11 is 0. The van der Waals surface area contributed by atoms with E-state index in [9.17, 15) is 4.79 Å². The average molecular weight is 575 g/mol. The Morgan fingerprint density at radius 1 is 0.977 bits per heavy atom. The highest BCUT2D eigenvalue weighted by Gasteiger charge is 2.16. The Bertz CT molecular complexity index is 1720. The maximum absolute atomic E-state index is 13.4. The highest BCUT2D eigenvalue weighted by Crippen LogP contribution is 2.35. The number of nitrogens with zero attached hydrogens (tertiary/aromatic N) is 4. The van der Waals surface area contributed by atoms with E-state index < -0.39 is 0 Å². The van der Waals surface area contributed by atoms with Crippen molar-refractivity contribution in [2.75, 3.05) is 41.8 Å². The Kier molecular flexibility index (Phi) is 8.42. The van der Waals surface area contributed by atoms with Crippen LogP contribution in [0.25, 0.3) is 22.0 Å². The van der Waals surface area contributed by atoms with E-state index in [1.807, 2.05) is 86.8 Å². The molecule has 43 heavy (non-hydrogen) atoms. The van der Waals surface area contributed by atoms with Gasteiger partial charge in [-0.05, 0) is 49.2 Å². The lowest BCUT2D eigenvalue weighted by Gasteiger charge is -2.28. The molecule has 9 nitrogen and oxygen atoms in total. The summed E-state index contributed by atoms with van der Waals surface area (Å²) in [7, 11) is 0. The summed E-state index contributed by atoms with van der Waals surface area (Å²) in [5, 5.41) is 7.17. The van der Waals surface area contributed by atoms with Crippen molar-refractivity contribution in [2.24, 2.45) is 0 Å². The molecule has 1 aliphatic rings. The summed E-state index contributed by atoms with van der Waals surface area (Å²) in [5.74, 6) is 1.85. The van der Waals surface area contributed by atoms with Crippen molar-refractivity contribution in [2.45, 2.75) is 26.5 Å². The first kappa shape index (κ1) is 28.1. The smallest absolute Gasteiger partial charge is 0.255 e. The Morgan fingerprint density at radius 3 is 2.63 bits per heavy atom. The maximum Gasteiger partial charge on any atom is 0.255 e. The number of nitrogens with one attached hydrogen (secondary N) is 2. The third-order valence-electron chi connectivity index (χ3n) is 7.11. The molecule has 1 amide bonds. The molecule has 0 bridgehead atoms. The van der Waals surface area contributed by atoms with Crippen LogP contribution in [-0.2, 0) is 11.3 Å². The van der Waals surface area contributed by atoms with Crippen LogP contribution in [0.1, 0.15) is 29.8 Å². The number of hydrogen-bond donors (Lipinski definition) is 2. The number of rotatable bonds is 9. The summed E-state index contributed by atoms with van der Waals surface area (Å²) in [6.07, 6.45) is 3.52. The van der Waals surface area contributed by atoms with Gasteiger partial charge in [-0.3, -0.25) is 4.79 Å². The normalized spacial score (nSPS) is 13.2. The SMILES string of the molecule is CC(C)Nc1ncc2cc(-c3cccc(C(=O)Nc4ccnc(N5CCOCC5)c4)c3)c(OCc3ccccc3)cc2n1. The number of fused-ring (bicyclic) bond motifs is 1. The number of morpholine rings is 1. The molecule has 0 unspecified atom stereocenters. The molecule has 0 saturated carbocycles. The lowest BCUT2D eigenvalue weighted by atomic mass is 10.00. The van der Waals surface area contributed by atoms with Crippen molar-refractivity contribution >= 4 is 34.3 Å². The molecule has 2 aromatic heterocycles. The number of ether oxygens (including phenoxy) is 2. The standard InChI is InChI=1S/C34H34N6O3/c1-23(2)37-34-36-21-27-18-29(31(20-30(27)39-34)43-22-24-7-4-3-5-8-24)25-9-6-10-26(17-25)33(41)38-28-11-12-35-32(19-28)40-13-15-42-16-14-40/h3-12,17-21,23H,13-16,22H2,1-2H3,(H,35,38,41)(H,36,37,39). The van der Waals surface area contributed by atoms with Crippen molar-refractivity contribution < 1.29 is 14.3 Å². The lowest BCUT2D eigenvalue weighted by Crippen LogP contribution is -2.36. The molecule has 0 aliphatic carbocycles. The van der Waals surface area contributed by atoms with E-state index in [1.54, 1.807) is 18.3 Å². The van der Waals surface area contributed by atoms with Gasteiger partial charge in [0, 0.05) is 65.9 Å². The van der Waals surface area contributed by atoms with E-state index in [-0.39, 0.29) is 11.9 Å². The maximum atomic E-state index is 13.4. The number of carbonyl (C=O) groups is 1. The molecule has 9 heteroatoms. The van der Waals surface area contributed by atoms with Gasteiger partial charge in [0.05, 0.1) is 18.7 Å². The Labute approximate surface area is 250 Å². The quantitative estimate of drug-likeness (QED) is 0.215. The molecule has 1 aliphatic heterocycles. The number of benzene rings is 3. The third kappa shape index (κ3) is 6.90. The topological polar surface area (TPSA) is 102 Å². The molecule has 2 N–H and O–H groups in total. The van der Waals surface area contributed by atoms with Crippen LogP contribution in [0.3, 0.4) is 0 Å². The monoisotopic (exact) mass is 574 g/mol. The molecule has 1 saturated heterocycles. The molecule has 6 rings (SSSR count). The van der Waals surface area contributed by atoms with Crippen molar-refractivity contribution in [3.63, 3.8) is 0 Å². The van der Waals surface area contributed by atoms with E-state index in [0.29, 0.717) is 42.8 Å². The summed E-state index contributed by atoms with van der Waals surface area (Å²) in [5.41, 5.74) is 4.75. The predicted octanol–water partition coefficient (Wildman–Crippen LogP) is 6.18. The molecular formula is C34H34N6O3. The van der Waals surface area contributed by atoms with Crippen molar-refractivity contribution in [3.8, 4) is 16.9 Å². The molecule has 1 fully saturated rings. The van der Waals surface area contributed by atoms with Crippen molar-refractivity contribution in [1.82, 2.24) is 15.0 Å². The van der Waals surface area contributed by atoms with Crippen LogP contribution in [-0.4, -0.2) is 53.2 Å². The first-order valence-electron chi connectivity index (χ1n) is 14.5. The highest BCUT2D eigenvalue weighted by molar-refractivity contribution is 6.05. The van der Waals surface area contributed by atoms with Crippen LogP contribution in [0.4, 0.5) is 17.5 Å². The minimum Gasteiger partial charge on any atom is -0.488 e. The second-order valence-corrected chi connectivity index (χ2v) is 10.7. The minimum absolute atomic E-state index is 0.206. The van der Waals surface area contributed by atoms with E-state index in [4.69, 9.17) is 14.5 Å². The number of hydrogen-bond acceptors (Lipinski definition) is 8. The fourth-order valence-corrected chi connectivity index (χ4v) is 4.96. The van der Waals surface area contributed by atoms with Gasteiger partial charge in [-0.25, -0.2) is 15.0 Å². The fraction of sp³-hybridized carbons (Fsp3) is 0.235. The van der Waals surface area contributed by atoms with Crippen molar-refractivity contribution in [3.05, 3.63) is 102 Å². The number of amides is 1. The predicted molar refractivity (Wildman–Crippen MR) is 170 cm³/mol. The first-order valence-corrected chi connectivity index (χ1v) is 14.5. The van der Waals surface area contributed by atoms with Crippen LogP contribution in [0.2, 0.25) is 0 Å². The van der Waals surface area contributed by atoms with Crippen molar-refractivity contribution in [1.29, 1.82) is 0 Å². The number of carbonyl (C=O) groups excluding carboxylic acids is 1. The zero-order valence-electron chi connectivity index (χ0n) is 24.3. The molecule has 0 spiro atoms. The Hall–Kier alpha value is -5.02. The first-order chi connectivity index (χ1) is 21.0. The van der Waals surface area contributed by atoms with Gasteiger partial charge < -0.3 is 25.0 Å². The second-order valence-electron chi connectivity index (χ2n) is 10.7. The molecule has 3 aromatic carbocycles. The van der Waals surface area contributed by atoms with Gasteiger partial charge >= 0.3 is 0 Å². The van der Waals surface area contributed by atoms with Gasteiger partial charge in [0.1, 0.15) is 18.2 Å². The van der Waals surface area contributed by atoms with Crippen LogP contribution in [0.5, 0.6) is 5.75 Å². The van der Waals surface area contributed by atoms with E-state index in [2.05, 4.69) is 25.5 Å². The van der Waals surface area contributed by atoms with Crippen LogP contribution >= 0.6 is 0 Å².